The molecule has 1 aliphatic heterocycles. The van der Waals surface area contributed by atoms with Gasteiger partial charge in [-0.3, -0.25) is 4.40 Å². The summed E-state index contributed by atoms with van der Waals surface area (Å²) in [5.74, 6) is 1.61. The predicted octanol–water partition coefficient (Wildman–Crippen LogP) is 1.20. The summed E-state index contributed by atoms with van der Waals surface area (Å²) < 4.78 is 2.09. The van der Waals surface area contributed by atoms with Gasteiger partial charge in [-0.2, -0.15) is 0 Å². The van der Waals surface area contributed by atoms with E-state index in [0.717, 1.165) is 24.6 Å². The molecular weight excluding hydrogens is 188 g/mol. The van der Waals surface area contributed by atoms with Gasteiger partial charge in [0.25, 0.3) is 0 Å². The van der Waals surface area contributed by atoms with Crippen molar-refractivity contribution in [3.63, 3.8) is 0 Å². The number of piperidine rings is 1. The predicted molar refractivity (Wildman–Crippen MR) is 57.8 cm³/mol. The molecule has 2 aromatic heterocycles. The van der Waals surface area contributed by atoms with Crippen molar-refractivity contribution in [2.24, 2.45) is 0 Å². The van der Waals surface area contributed by atoms with Gasteiger partial charge in [-0.05, 0) is 31.5 Å². The molecule has 0 amide bonds. The SMILES string of the molecule is c1ccn2c([C@@H]3CCCNC3)nnc2c1. The first kappa shape index (κ1) is 8.85. The molecule has 0 radical (unpaired) electrons. The van der Waals surface area contributed by atoms with Crippen molar-refractivity contribution in [3.05, 3.63) is 30.2 Å². The smallest absolute Gasteiger partial charge is 0.160 e. The van der Waals surface area contributed by atoms with Crippen LogP contribution in [-0.2, 0) is 0 Å². The zero-order valence-corrected chi connectivity index (χ0v) is 8.56. The van der Waals surface area contributed by atoms with Crippen LogP contribution in [0, 0.1) is 0 Å². The number of rotatable bonds is 1. The topological polar surface area (TPSA) is 42.2 Å². The molecule has 0 bridgehead atoms. The van der Waals surface area contributed by atoms with E-state index in [1.807, 2.05) is 24.4 Å². The van der Waals surface area contributed by atoms with Gasteiger partial charge in [0.05, 0.1) is 0 Å². The molecule has 2 aromatic rings. The van der Waals surface area contributed by atoms with Crippen LogP contribution in [0.5, 0.6) is 0 Å². The first-order chi connectivity index (χ1) is 7.45. The lowest BCUT2D eigenvalue weighted by Crippen LogP contribution is -2.29. The minimum atomic E-state index is 0.510. The van der Waals surface area contributed by atoms with Crippen LogP contribution in [0.3, 0.4) is 0 Å². The highest BCUT2D eigenvalue weighted by Gasteiger charge is 2.19. The Morgan fingerprint density at radius 2 is 2.33 bits per heavy atom. The monoisotopic (exact) mass is 202 g/mol. The van der Waals surface area contributed by atoms with Gasteiger partial charge in [0.1, 0.15) is 5.82 Å². The van der Waals surface area contributed by atoms with Crippen LogP contribution >= 0.6 is 0 Å². The quantitative estimate of drug-likeness (QED) is 0.755. The molecule has 15 heavy (non-hydrogen) atoms. The molecule has 1 aliphatic rings. The molecule has 0 aliphatic carbocycles. The number of nitrogens with one attached hydrogen (secondary N) is 1. The second-order valence-corrected chi connectivity index (χ2v) is 4.03. The minimum absolute atomic E-state index is 0.510. The van der Waals surface area contributed by atoms with Crippen LogP contribution in [0.15, 0.2) is 24.4 Å². The Morgan fingerprint density at radius 3 is 3.20 bits per heavy atom. The van der Waals surface area contributed by atoms with Crippen molar-refractivity contribution in [2.75, 3.05) is 13.1 Å². The molecule has 0 saturated carbocycles. The molecule has 1 N–H and O–H groups in total. The van der Waals surface area contributed by atoms with E-state index in [1.54, 1.807) is 0 Å². The summed E-state index contributed by atoms with van der Waals surface area (Å²) >= 11 is 0. The molecule has 1 fully saturated rings. The van der Waals surface area contributed by atoms with Crippen LogP contribution in [0.1, 0.15) is 24.6 Å². The highest BCUT2D eigenvalue weighted by molar-refractivity contribution is 5.37. The van der Waals surface area contributed by atoms with Gasteiger partial charge in [0.2, 0.25) is 0 Å². The minimum Gasteiger partial charge on any atom is -0.316 e. The summed E-state index contributed by atoms with van der Waals surface area (Å²) in [6.07, 6.45) is 4.48. The van der Waals surface area contributed by atoms with Crippen LogP contribution < -0.4 is 5.32 Å². The number of fused-ring (bicyclic) bond motifs is 1. The third kappa shape index (κ3) is 1.51. The average Bonchev–Trinajstić information content (AvgIpc) is 2.74. The summed E-state index contributed by atoms with van der Waals surface area (Å²) in [6, 6.07) is 6.01. The maximum Gasteiger partial charge on any atom is 0.160 e. The summed E-state index contributed by atoms with van der Waals surface area (Å²) in [6.45, 7) is 2.16. The zero-order chi connectivity index (χ0) is 10.1. The molecule has 4 heteroatoms. The van der Waals surface area contributed by atoms with Crippen LogP contribution in [-0.4, -0.2) is 27.7 Å². The largest absolute Gasteiger partial charge is 0.316 e. The van der Waals surface area contributed by atoms with Crippen LogP contribution in [0.25, 0.3) is 5.65 Å². The Kier molecular flexibility index (Phi) is 2.14. The Labute approximate surface area is 88.3 Å². The maximum absolute atomic E-state index is 4.29. The first-order valence-electron chi connectivity index (χ1n) is 5.45. The fourth-order valence-electron chi connectivity index (χ4n) is 2.21. The van der Waals surface area contributed by atoms with Crippen molar-refractivity contribution in [1.29, 1.82) is 0 Å². The number of hydrogen-bond acceptors (Lipinski definition) is 3. The molecule has 78 valence electrons. The molecule has 3 rings (SSSR count). The molecule has 1 saturated heterocycles. The Bertz CT molecular complexity index is 456. The van der Waals surface area contributed by atoms with Gasteiger partial charge in [0.15, 0.2) is 5.65 Å². The van der Waals surface area contributed by atoms with Crippen LogP contribution in [0.2, 0.25) is 0 Å². The maximum atomic E-state index is 4.29. The average molecular weight is 202 g/mol. The lowest BCUT2D eigenvalue weighted by molar-refractivity contribution is 0.444. The fraction of sp³-hybridized carbons (Fsp3) is 0.455. The van der Waals surface area contributed by atoms with E-state index in [-0.39, 0.29) is 0 Å². The lowest BCUT2D eigenvalue weighted by Gasteiger charge is -2.20. The van der Waals surface area contributed by atoms with E-state index >= 15 is 0 Å². The molecule has 1 atom stereocenters. The normalized spacial score (nSPS) is 22.0. The molecule has 0 aromatic carbocycles. The van der Waals surface area contributed by atoms with Crippen molar-refractivity contribution in [3.8, 4) is 0 Å². The van der Waals surface area contributed by atoms with E-state index in [4.69, 9.17) is 0 Å². The zero-order valence-electron chi connectivity index (χ0n) is 8.56. The Morgan fingerprint density at radius 1 is 1.33 bits per heavy atom. The van der Waals surface area contributed by atoms with Crippen LogP contribution in [0.4, 0.5) is 0 Å². The number of pyridine rings is 1. The summed E-state index contributed by atoms with van der Waals surface area (Å²) in [5, 5.41) is 11.9. The van der Waals surface area contributed by atoms with Gasteiger partial charge in [-0.1, -0.05) is 6.07 Å². The van der Waals surface area contributed by atoms with Crippen molar-refractivity contribution in [1.82, 2.24) is 19.9 Å². The van der Waals surface area contributed by atoms with E-state index in [9.17, 15) is 0 Å². The van der Waals surface area contributed by atoms with E-state index < -0.39 is 0 Å². The summed E-state index contributed by atoms with van der Waals surface area (Å²) in [7, 11) is 0. The van der Waals surface area contributed by atoms with E-state index in [1.165, 1.54) is 12.8 Å². The number of aromatic nitrogens is 3. The highest BCUT2D eigenvalue weighted by Crippen LogP contribution is 2.21. The van der Waals surface area contributed by atoms with Crippen molar-refractivity contribution in [2.45, 2.75) is 18.8 Å². The second-order valence-electron chi connectivity index (χ2n) is 4.03. The molecular formula is C11H14N4. The Hall–Kier alpha value is -1.42. The second kappa shape index (κ2) is 3.62. The van der Waals surface area contributed by atoms with Crippen molar-refractivity contribution < 1.29 is 0 Å². The molecule has 4 nitrogen and oxygen atoms in total. The van der Waals surface area contributed by atoms with Gasteiger partial charge in [-0.15, -0.1) is 10.2 Å². The highest BCUT2D eigenvalue weighted by atomic mass is 15.2. The van der Waals surface area contributed by atoms with E-state index in [2.05, 4.69) is 19.9 Å². The van der Waals surface area contributed by atoms with Gasteiger partial charge in [-0.25, -0.2) is 0 Å². The molecule has 0 spiro atoms. The number of hydrogen-bond donors (Lipinski definition) is 1. The summed E-state index contributed by atoms with van der Waals surface area (Å²) in [4.78, 5) is 0. The lowest BCUT2D eigenvalue weighted by atomic mass is 9.99. The van der Waals surface area contributed by atoms with Gasteiger partial charge in [0, 0.05) is 18.7 Å². The fourth-order valence-corrected chi connectivity index (χ4v) is 2.21. The molecule has 3 heterocycles. The van der Waals surface area contributed by atoms with Gasteiger partial charge < -0.3 is 5.32 Å². The summed E-state index contributed by atoms with van der Waals surface area (Å²) in [5.41, 5.74) is 0.943. The number of nitrogens with zero attached hydrogens (tertiary/aromatic N) is 3. The third-order valence-electron chi connectivity index (χ3n) is 3.00. The van der Waals surface area contributed by atoms with Gasteiger partial charge >= 0.3 is 0 Å². The first-order valence-corrected chi connectivity index (χ1v) is 5.45. The standard InChI is InChI=1S/C11H14N4/c1-2-7-15-10(5-1)13-14-11(15)9-4-3-6-12-8-9/h1-2,5,7,9,12H,3-4,6,8H2/t9-/m1/s1. The van der Waals surface area contributed by atoms with E-state index in [0.29, 0.717) is 5.92 Å². The third-order valence-corrected chi connectivity index (χ3v) is 3.00. The Balaban J connectivity index is 2.02. The molecule has 0 unspecified atom stereocenters. The van der Waals surface area contributed by atoms with Crippen molar-refractivity contribution >= 4 is 5.65 Å².